The van der Waals surface area contributed by atoms with Gasteiger partial charge in [0.1, 0.15) is 11.8 Å². The van der Waals surface area contributed by atoms with Crippen LogP contribution >= 0.6 is 11.6 Å². The number of halogens is 1. The summed E-state index contributed by atoms with van der Waals surface area (Å²) in [5.74, 6) is -1.74. The lowest BCUT2D eigenvalue weighted by Crippen LogP contribution is -2.31. The van der Waals surface area contributed by atoms with Crippen LogP contribution in [0.1, 0.15) is 66.0 Å². The molecule has 8 nitrogen and oxygen atoms in total. The fourth-order valence-electron chi connectivity index (χ4n) is 4.85. The minimum absolute atomic E-state index is 0.0312. The summed E-state index contributed by atoms with van der Waals surface area (Å²) in [5.41, 5.74) is 1.94. The van der Waals surface area contributed by atoms with Crippen molar-refractivity contribution < 1.29 is 28.3 Å². The van der Waals surface area contributed by atoms with Crippen molar-refractivity contribution in [3.8, 4) is 0 Å². The molecular weight excluding hydrogens is 520 g/mol. The first-order chi connectivity index (χ1) is 18.9. The Labute approximate surface area is 227 Å². The second-order valence-corrected chi connectivity index (χ2v) is 9.47. The summed E-state index contributed by atoms with van der Waals surface area (Å²) in [6.45, 7) is -0.629. The molecule has 192 valence electrons. The van der Waals surface area contributed by atoms with E-state index in [1.54, 1.807) is 48.5 Å². The van der Waals surface area contributed by atoms with Crippen molar-refractivity contribution in [1.82, 2.24) is 5.01 Å². The molecule has 9 heteroatoms. The average Bonchev–Trinajstić information content (AvgIpc) is 3.65. The molecule has 4 aromatic rings. The summed E-state index contributed by atoms with van der Waals surface area (Å²) >= 11 is 6.01. The largest absolute Gasteiger partial charge is 0.467 e. The zero-order valence-electron chi connectivity index (χ0n) is 20.3. The monoisotopic (exact) mass is 538 g/mol. The third kappa shape index (κ3) is 4.34. The highest BCUT2D eigenvalue weighted by molar-refractivity contribution is 6.31. The quantitative estimate of drug-likeness (QED) is 0.283. The predicted octanol–water partition coefficient (Wildman–Crippen LogP) is 5.24. The molecule has 2 aliphatic rings. The normalized spacial score (nSPS) is 16.0. The van der Waals surface area contributed by atoms with E-state index in [0.29, 0.717) is 22.9 Å². The molecular formula is C30H19ClN2O6. The van der Waals surface area contributed by atoms with E-state index in [9.17, 15) is 19.2 Å². The maximum absolute atomic E-state index is 13.2. The van der Waals surface area contributed by atoms with Gasteiger partial charge in [0.15, 0.2) is 18.2 Å². The molecule has 3 aromatic carbocycles. The number of ketones is 2. The maximum atomic E-state index is 13.2. The number of nitrogens with zero attached hydrogens (tertiary/aromatic N) is 2. The molecule has 6 rings (SSSR count). The van der Waals surface area contributed by atoms with Crippen LogP contribution in [0.4, 0.5) is 0 Å². The topological polar surface area (TPSA) is 106 Å². The minimum Gasteiger partial charge on any atom is -0.467 e. The lowest BCUT2D eigenvalue weighted by atomic mass is 9.82. The van der Waals surface area contributed by atoms with Crippen LogP contribution in [-0.4, -0.2) is 40.8 Å². The number of hydrogen-bond donors (Lipinski definition) is 0. The molecule has 39 heavy (non-hydrogen) atoms. The highest BCUT2D eigenvalue weighted by atomic mass is 35.5. The van der Waals surface area contributed by atoms with E-state index in [0.717, 1.165) is 5.56 Å². The van der Waals surface area contributed by atoms with Gasteiger partial charge in [0.05, 0.1) is 17.5 Å². The zero-order chi connectivity index (χ0) is 27.1. The van der Waals surface area contributed by atoms with Crippen LogP contribution in [0.15, 0.2) is 94.6 Å². The third-order valence-corrected chi connectivity index (χ3v) is 6.97. The molecule has 1 aromatic heterocycles. The predicted molar refractivity (Wildman–Crippen MR) is 141 cm³/mol. The Balaban J connectivity index is 1.24. The number of benzene rings is 3. The summed E-state index contributed by atoms with van der Waals surface area (Å²) in [5, 5.41) is 6.31. The van der Waals surface area contributed by atoms with Crippen molar-refractivity contribution in [1.29, 1.82) is 0 Å². The molecule has 0 fully saturated rings. The van der Waals surface area contributed by atoms with Crippen LogP contribution in [0.5, 0.6) is 0 Å². The van der Waals surface area contributed by atoms with E-state index < -0.39 is 30.3 Å². The number of carbonyl (C=O) groups excluding carboxylic acids is 4. The molecule has 2 heterocycles. The van der Waals surface area contributed by atoms with E-state index in [4.69, 9.17) is 20.8 Å². The molecule has 0 spiro atoms. The summed E-state index contributed by atoms with van der Waals surface area (Å²) in [4.78, 5) is 52.6. The molecule has 0 saturated heterocycles. The van der Waals surface area contributed by atoms with Crippen molar-refractivity contribution in [2.24, 2.45) is 5.10 Å². The Kier molecular flexibility index (Phi) is 6.17. The van der Waals surface area contributed by atoms with Crippen LogP contribution in [0.2, 0.25) is 5.02 Å². The number of rotatable bonds is 5. The smallest absolute Gasteiger partial charge is 0.339 e. The number of amides is 1. The Morgan fingerprint density at radius 2 is 1.62 bits per heavy atom. The zero-order valence-corrected chi connectivity index (χ0v) is 21.1. The molecule has 1 atom stereocenters. The first-order valence-electron chi connectivity index (χ1n) is 12.1. The van der Waals surface area contributed by atoms with E-state index in [2.05, 4.69) is 5.10 Å². The molecule has 1 aliphatic carbocycles. The second-order valence-electron chi connectivity index (χ2n) is 9.04. The number of hydrazone groups is 1. The Morgan fingerprint density at radius 1 is 0.897 bits per heavy atom. The fraction of sp³-hybridized carbons (Fsp3) is 0.100. The molecule has 0 N–H and O–H groups in total. The van der Waals surface area contributed by atoms with Crippen LogP contribution in [0, 0.1) is 0 Å². The summed E-state index contributed by atoms with van der Waals surface area (Å²) in [7, 11) is 0. The standard InChI is InChI=1S/C30H19ClN2O6/c31-18-12-10-17(11-13-18)23-15-24(25-9-4-14-38-25)33(32-23)26(34)16-39-30(37)22-8-3-7-21-27(22)29(36)20-6-2-1-5-19(20)28(21)35/h1-14,24H,15-16H2. The van der Waals surface area contributed by atoms with Gasteiger partial charge in [-0.05, 0) is 35.9 Å². The molecule has 1 amide bonds. The van der Waals surface area contributed by atoms with E-state index >= 15 is 0 Å². The van der Waals surface area contributed by atoms with Gasteiger partial charge < -0.3 is 9.15 Å². The Hall–Kier alpha value is -4.82. The molecule has 0 saturated carbocycles. The third-order valence-electron chi connectivity index (χ3n) is 6.71. The lowest BCUT2D eigenvalue weighted by molar-refractivity contribution is -0.136. The molecule has 0 radical (unpaired) electrons. The van der Waals surface area contributed by atoms with Crippen molar-refractivity contribution in [2.45, 2.75) is 12.5 Å². The van der Waals surface area contributed by atoms with E-state index in [-0.39, 0.29) is 33.6 Å². The van der Waals surface area contributed by atoms with Crippen LogP contribution in [0.25, 0.3) is 0 Å². The van der Waals surface area contributed by atoms with Gasteiger partial charge in [-0.3, -0.25) is 14.4 Å². The molecule has 1 aliphatic heterocycles. The number of ether oxygens (including phenoxy) is 1. The first kappa shape index (κ1) is 24.5. The first-order valence-corrected chi connectivity index (χ1v) is 12.5. The molecule has 0 bridgehead atoms. The van der Waals surface area contributed by atoms with Crippen LogP contribution < -0.4 is 0 Å². The highest BCUT2D eigenvalue weighted by Crippen LogP contribution is 2.34. The van der Waals surface area contributed by atoms with E-state index in [1.165, 1.54) is 29.5 Å². The van der Waals surface area contributed by atoms with Crippen molar-refractivity contribution in [2.75, 3.05) is 6.61 Å². The minimum atomic E-state index is -0.892. The summed E-state index contributed by atoms with van der Waals surface area (Å²) < 4.78 is 10.9. The summed E-state index contributed by atoms with van der Waals surface area (Å²) in [6.07, 6.45) is 1.89. The summed E-state index contributed by atoms with van der Waals surface area (Å²) in [6, 6.07) is 20.9. The maximum Gasteiger partial charge on any atom is 0.339 e. The average molecular weight is 539 g/mol. The van der Waals surface area contributed by atoms with Crippen LogP contribution in [0.3, 0.4) is 0 Å². The van der Waals surface area contributed by atoms with Crippen molar-refractivity contribution >= 4 is 40.8 Å². The number of esters is 1. The van der Waals surface area contributed by atoms with E-state index in [1.807, 2.05) is 12.1 Å². The fourth-order valence-corrected chi connectivity index (χ4v) is 4.97. The van der Waals surface area contributed by atoms with Gasteiger partial charge >= 0.3 is 5.97 Å². The Bertz CT molecular complexity index is 1670. The van der Waals surface area contributed by atoms with Gasteiger partial charge in [-0.15, -0.1) is 0 Å². The van der Waals surface area contributed by atoms with Gasteiger partial charge in [0, 0.05) is 33.7 Å². The highest BCUT2D eigenvalue weighted by Gasteiger charge is 2.36. The molecule has 1 unspecified atom stereocenters. The SMILES string of the molecule is O=C(OCC(=O)N1N=C(c2ccc(Cl)cc2)CC1c1ccco1)c1cccc2c1C(=O)c1ccccc1C2=O. The number of carbonyl (C=O) groups is 4. The van der Waals surface area contributed by atoms with Gasteiger partial charge in [-0.2, -0.15) is 5.10 Å². The Morgan fingerprint density at radius 3 is 2.33 bits per heavy atom. The second kappa shape index (κ2) is 9.81. The van der Waals surface area contributed by atoms with Crippen LogP contribution in [-0.2, 0) is 9.53 Å². The van der Waals surface area contributed by atoms with Gasteiger partial charge in [-0.1, -0.05) is 60.1 Å². The van der Waals surface area contributed by atoms with Gasteiger partial charge in [0.25, 0.3) is 5.91 Å². The van der Waals surface area contributed by atoms with Crippen molar-refractivity contribution in [3.05, 3.63) is 129 Å². The number of fused-ring (bicyclic) bond motifs is 2. The van der Waals surface area contributed by atoms with Crippen molar-refractivity contribution in [3.63, 3.8) is 0 Å². The number of furan rings is 1. The van der Waals surface area contributed by atoms with Gasteiger partial charge in [0.2, 0.25) is 0 Å². The lowest BCUT2D eigenvalue weighted by Gasteiger charge is -2.21. The number of hydrogen-bond acceptors (Lipinski definition) is 7. The van der Waals surface area contributed by atoms with Gasteiger partial charge in [-0.25, -0.2) is 9.80 Å².